The standard InChI is InChI=1S/C38H38N3O5/c42-26(21-41-32(43)13-14-33(41)44)22-45-27-11-9-23(10-12-27)34-30-19-24-5-1-15-39-17-3-7-28(35(24)39)37(30)46-38-29-8-4-18-40-16-2-6-25(36(29)40)20-31(34)38/h9-12,19-20H,1-8,13-18,21-22H2/q+1. The van der Waals surface area contributed by atoms with Crippen molar-refractivity contribution >= 4 is 28.9 Å². The summed E-state index contributed by atoms with van der Waals surface area (Å²) in [7, 11) is 0. The lowest BCUT2D eigenvalue weighted by molar-refractivity contribution is -0.142. The second kappa shape index (κ2) is 10.8. The van der Waals surface area contributed by atoms with Gasteiger partial charge >= 0.3 is 0 Å². The second-order valence-corrected chi connectivity index (χ2v) is 13.6. The Bertz CT molecular complexity index is 1960. The Labute approximate surface area is 267 Å². The van der Waals surface area contributed by atoms with Gasteiger partial charge in [0.05, 0.1) is 12.1 Å². The van der Waals surface area contributed by atoms with E-state index in [-0.39, 0.29) is 43.6 Å². The molecule has 0 atom stereocenters. The van der Waals surface area contributed by atoms with Gasteiger partial charge < -0.3 is 14.4 Å². The van der Waals surface area contributed by atoms with Crippen LogP contribution in [0.1, 0.15) is 71.9 Å². The van der Waals surface area contributed by atoms with Gasteiger partial charge in [-0.1, -0.05) is 12.1 Å². The lowest BCUT2D eigenvalue weighted by atomic mass is 9.82. The highest BCUT2D eigenvalue weighted by Crippen LogP contribution is 2.48. The zero-order valence-corrected chi connectivity index (χ0v) is 26.2. The third kappa shape index (κ3) is 4.40. The van der Waals surface area contributed by atoms with Gasteiger partial charge in [0.25, 0.3) is 0 Å². The molecular weight excluding hydrogens is 578 g/mol. The molecule has 0 bridgehead atoms. The molecule has 9 rings (SSSR count). The smallest absolute Gasteiger partial charge is 0.230 e. The molecule has 1 fully saturated rings. The highest BCUT2D eigenvalue weighted by Gasteiger charge is 2.36. The molecule has 3 aromatic carbocycles. The molecule has 2 amide bonds. The summed E-state index contributed by atoms with van der Waals surface area (Å²) in [6.45, 7) is 4.06. The van der Waals surface area contributed by atoms with E-state index in [0.717, 1.165) is 86.7 Å². The molecule has 0 spiro atoms. The Morgan fingerprint density at radius 3 is 2.33 bits per heavy atom. The average molecular weight is 617 g/mol. The van der Waals surface area contributed by atoms with E-state index in [1.54, 1.807) is 0 Å². The third-order valence-corrected chi connectivity index (χ3v) is 10.7. The molecule has 6 aliphatic heterocycles. The van der Waals surface area contributed by atoms with Crippen LogP contribution in [0.15, 0.2) is 36.4 Å². The van der Waals surface area contributed by atoms with E-state index in [1.807, 2.05) is 12.1 Å². The number of benzene rings is 3. The molecule has 3 aromatic rings. The van der Waals surface area contributed by atoms with Gasteiger partial charge in [0.15, 0.2) is 5.78 Å². The number of hydrogen-bond donors (Lipinski definition) is 0. The monoisotopic (exact) mass is 616 g/mol. The molecule has 8 heteroatoms. The molecule has 0 unspecified atom stereocenters. The second-order valence-electron chi connectivity index (χ2n) is 13.6. The van der Waals surface area contributed by atoms with Crippen molar-refractivity contribution in [3.05, 3.63) is 80.4 Å². The first-order valence-corrected chi connectivity index (χ1v) is 17.0. The van der Waals surface area contributed by atoms with Crippen molar-refractivity contribution in [2.75, 3.05) is 44.2 Å². The van der Waals surface area contributed by atoms with Gasteiger partial charge in [0.1, 0.15) is 36.9 Å². The first-order chi connectivity index (χ1) is 22.5. The highest BCUT2D eigenvalue weighted by molar-refractivity contribution is 6.04. The van der Waals surface area contributed by atoms with Crippen LogP contribution in [0.2, 0.25) is 0 Å². The number of rotatable bonds is 6. The predicted molar refractivity (Wildman–Crippen MR) is 173 cm³/mol. The van der Waals surface area contributed by atoms with Crippen LogP contribution in [0.5, 0.6) is 17.2 Å². The Hall–Kier alpha value is -4.46. The molecule has 234 valence electrons. The zero-order chi connectivity index (χ0) is 30.9. The average Bonchev–Trinajstić information content (AvgIpc) is 3.40. The summed E-state index contributed by atoms with van der Waals surface area (Å²) in [5.41, 5.74) is 10.5. The fraction of sp³-hybridized carbons (Fsp3) is 0.421. The van der Waals surface area contributed by atoms with E-state index < -0.39 is 0 Å². The van der Waals surface area contributed by atoms with Crippen LogP contribution >= 0.6 is 0 Å². The summed E-state index contributed by atoms with van der Waals surface area (Å²) in [5, 5.41) is 2.60. The summed E-state index contributed by atoms with van der Waals surface area (Å²) in [6, 6.07) is 12.8. The van der Waals surface area contributed by atoms with Crippen molar-refractivity contribution in [1.29, 1.82) is 0 Å². The molecular formula is C38H38N3O5+. The van der Waals surface area contributed by atoms with Crippen molar-refractivity contribution in [2.45, 2.75) is 64.2 Å². The van der Waals surface area contributed by atoms with Crippen molar-refractivity contribution in [3.63, 3.8) is 0 Å². The van der Waals surface area contributed by atoms with Crippen LogP contribution in [-0.2, 0) is 40.1 Å². The number of ketones is 1. The third-order valence-electron chi connectivity index (χ3n) is 10.7. The minimum absolute atomic E-state index is 0.176. The van der Waals surface area contributed by atoms with Crippen LogP contribution in [0.4, 0.5) is 5.69 Å². The summed E-state index contributed by atoms with van der Waals surface area (Å²) < 4.78 is 15.6. The number of imide groups is 1. The maximum absolute atomic E-state index is 12.6. The normalized spacial score (nSPS) is 19.3. The summed E-state index contributed by atoms with van der Waals surface area (Å²) in [5.74, 6) is 1.78. The fourth-order valence-corrected chi connectivity index (χ4v) is 8.73. The predicted octanol–water partition coefficient (Wildman–Crippen LogP) is 3.22. The van der Waals surface area contributed by atoms with Crippen molar-refractivity contribution < 1.29 is 23.9 Å². The number of likely N-dealkylation sites (tertiary alicyclic amines) is 1. The molecule has 6 aliphatic rings. The molecule has 0 N–H and O–H groups in total. The van der Waals surface area contributed by atoms with E-state index in [4.69, 9.17) is 9.47 Å². The maximum atomic E-state index is 12.6. The molecule has 0 saturated carbocycles. The van der Waals surface area contributed by atoms with Gasteiger partial charge in [-0.05, 0) is 73.9 Å². The number of Topliss-reactive ketones (excluding diaryl/α,β-unsaturated/α-hetero) is 1. The number of amides is 2. The van der Waals surface area contributed by atoms with E-state index in [9.17, 15) is 14.4 Å². The number of hydrogen-bond acceptors (Lipinski definition) is 6. The summed E-state index contributed by atoms with van der Waals surface area (Å²) >= 11 is 0. The largest absolute Gasteiger partial charge is 0.486 e. The Balaban J connectivity index is 1.14. The van der Waals surface area contributed by atoms with E-state index >= 15 is 0 Å². The van der Waals surface area contributed by atoms with Crippen molar-refractivity contribution in [2.24, 2.45) is 0 Å². The zero-order valence-electron chi connectivity index (χ0n) is 26.2. The van der Waals surface area contributed by atoms with E-state index in [1.165, 1.54) is 62.5 Å². The first-order valence-electron chi connectivity index (χ1n) is 17.0. The number of nitrogens with zero attached hydrogens (tertiary/aromatic N) is 3. The molecule has 0 aromatic heterocycles. The number of carbonyl (C=O) groups excluding carboxylic acids is 3. The maximum Gasteiger partial charge on any atom is 0.230 e. The molecule has 1 saturated heterocycles. The summed E-state index contributed by atoms with van der Waals surface area (Å²) in [6.07, 6.45) is 9.24. The van der Waals surface area contributed by atoms with Crippen molar-refractivity contribution in [3.8, 4) is 17.2 Å². The van der Waals surface area contributed by atoms with Crippen LogP contribution in [0.3, 0.4) is 0 Å². The Morgan fingerprint density at radius 2 is 1.52 bits per heavy atom. The van der Waals surface area contributed by atoms with Gasteiger partial charge in [0.2, 0.25) is 17.2 Å². The summed E-state index contributed by atoms with van der Waals surface area (Å²) in [4.78, 5) is 40.1. The van der Waals surface area contributed by atoms with Crippen LogP contribution in [-0.4, -0.2) is 61.8 Å². The lowest BCUT2D eigenvalue weighted by Gasteiger charge is -2.39. The van der Waals surface area contributed by atoms with Crippen LogP contribution in [0.25, 0.3) is 5.57 Å². The molecule has 0 aliphatic carbocycles. The van der Waals surface area contributed by atoms with Gasteiger partial charge in [-0.15, -0.1) is 0 Å². The van der Waals surface area contributed by atoms with Gasteiger partial charge in [-0.25, -0.2) is 4.58 Å². The van der Waals surface area contributed by atoms with Crippen LogP contribution in [0, 0.1) is 0 Å². The first kappa shape index (κ1) is 27.8. The highest BCUT2D eigenvalue weighted by atomic mass is 16.5. The quantitative estimate of drug-likeness (QED) is 0.245. The number of ether oxygens (including phenoxy) is 2. The number of aryl methyl sites for hydroxylation is 2. The van der Waals surface area contributed by atoms with Gasteiger partial charge in [-0.2, -0.15) is 0 Å². The molecule has 6 heterocycles. The molecule has 8 nitrogen and oxygen atoms in total. The lowest BCUT2D eigenvalue weighted by Crippen LogP contribution is -2.45. The van der Waals surface area contributed by atoms with Crippen molar-refractivity contribution in [1.82, 2.24) is 9.48 Å². The minimum Gasteiger partial charge on any atom is -0.486 e. The van der Waals surface area contributed by atoms with Crippen LogP contribution < -0.4 is 29.5 Å². The number of carbonyl (C=O) groups is 3. The molecule has 0 radical (unpaired) electrons. The van der Waals surface area contributed by atoms with Gasteiger partial charge in [-0.3, -0.25) is 19.3 Å². The Kier molecular flexibility index (Phi) is 6.54. The molecule has 46 heavy (non-hydrogen) atoms. The van der Waals surface area contributed by atoms with E-state index in [2.05, 4.69) is 33.7 Å². The van der Waals surface area contributed by atoms with E-state index in [0.29, 0.717) is 5.75 Å². The Morgan fingerprint density at radius 1 is 0.804 bits per heavy atom. The SMILES string of the molecule is O=C(COc1ccc(C2=c3cc4c5c(c3Oc3c2cc2c6c3CCCN6CCC2)CCC[N+]=5CCC4)cc1)CN1C(=O)CCC1=O. The topological polar surface area (TPSA) is 79.2 Å². The fourth-order valence-electron chi connectivity index (χ4n) is 8.73. The number of anilines is 1. The minimum atomic E-state index is -0.296. The van der Waals surface area contributed by atoms with Gasteiger partial charge in [0, 0.05) is 71.9 Å². The number of fused-ring (bicyclic) bond motifs is 4.